The van der Waals surface area contributed by atoms with Gasteiger partial charge in [0.15, 0.2) is 5.75 Å². The number of rotatable bonds is 3. The van der Waals surface area contributed by atoms with Crippen LogP contribution in [0.25, 0.3) is 0 Å². The van der Waals surface area contributed by atoms with Gasteiger partial charge in [0.05, 0.1) is 6.20 Å². The molecule has 0 aliphatic heterocycles. The number of alkyl halides is 5. The van der Waals surface area contributed by atoms with Crippen molar-refractivity contribution < 1.29 is 26.7 Å². The Morgan fingerprint density at radius 1 is 1.41 bits per heavy atom. The molecule has 0 radical (unpaired) electrons. The molecule has 96 valence electrons. The van der Waals surface area contributed by atoms with E-state index in [1.165, 1.54) is 6.92 Å². The van der Waals surface area contributed by atoms with Gasteiger partial charge in [-0.05, 0) is 6.92 Å². The van der Waals surface area contributed by atoms with Crippen LogP contribution in [0.3, 0.4) is 0 Å². The number of hydrogen-bond acceptors (Lipinski definition) is 3. The molecule has 2 N–H and O–H groups in total. The van der Waals surface area contributed by atoms with Crippen LogP contribution in [0.2, 0.25) is 0 Å². The van der Waals surface area contributed by atoms with Crippen LogP contribution in [0.4, 0.5) is 22.0 Å². The molecule has 0 spiro atoms. The van der Waals surface area contributed by atoms with E-state index in [2.05, 4.69) is 9.72 Å². The van der Waals surface area contributed by atoms with Crippen LogP contribution < -0.4 is 10.5 Å². The van der Waals surface area contributed by atoms with Crippen molar-refractivity contribution in [2.45, 2.75) is 26.3 Å². The van der Waals surface area contributed by atoms with Gasteiger partial charge in [-0.3, -0.25) is 4.98 Å². The lowest BCUT2D eigenvalue weighted by atomic mass is 10.1. The molecule has 0 bridgehead atoms. The minimum absolute atomic E-state index is 0.0741. The zero-order valence-electron chi connectivity index (χ0n) is 8.68. The lowest BCUT2D eigenvalue weighted by Crippen LogP contribution is -2.20. The fraction of sp³-hybridized carbons (Fsp3) is 0.444. The van der Waals surface area contributed by atoms with Crippen molar-refractivity contribution >= 4 is 0 Å². The quantitative estimate of drug-likeness (QED) is 0.846. The highest BCUT2D eigenvalue weighted by Crippen LogP contribution is 2.33. The Labute approximate surface area is 93.4 Å². The van der Waals surface area contributed by atoms with Crippen molar-refractivity contribution in [3.8, 4) is 5.75 Å². The van der Waals surface area contributed by atoms with Gasteiger partial charge in [0.25, 0.3) is 6.43 Å². The van der Waals surface area contributed by atoms with E-state index in [1.807, 2.05) is 0 Å². The van der Waals surface area contributed by atoms with E-state index < -0.39 is 30.6 Å². The summed E-state index contributed by atoms with van der Waals surface area (Å²) in [6.45, 7) is 0.770. The van der Waals surface area contributed by atoms with Gasteiger partial charge in [0.1, 0.15) is 0 Å². The van der Waals surface area contributed by atoms with E-state index >= 15 is 0 Å². The molecular weight excluding hydrogens is 247 g/mol. The van der Waals surface area contributed by atoms with Crippen molar-refractivity contribution in [1.29, 1.82) is 0 Å². The van der Waals surface area contributed by atoms with Crippen LogP contribution in [0.15, 0.2) is 6.20 Å². The summed E-state index contributed by atoms with van der Waals surface area (Å²) in [7, 11) is 0. The van der Waals surface area contributed by atoms with E-state index in [1.54, 1.807) is 0 Å². The Hall–Kier alpha value is -1.44. The summed E-state index contributed by atoms with van der Waals surface area (Å²) in [6, 6.07) is 0. The molecule has 0 unspecified atom stereocenters. The van der Waals surface area contributed by atoms with E-state index in [9.17, 15) is 22.0 Å². The monoisotopic (exact) mass is 256 g/mol. The number of aryl methyl sites for hydroxylation is 1. The molecular formula is C9H9F5N2O. The van der Waals surface area contributed by atoms with Crippen LogP contribution in [-0.2, 0) is 6.54 Å². The van der Waals surface area contributed by atoms with Gasteiger partial charge < -0.3 is 10.5 Å². The number of nitrogens with zero attached hydrogens (tertiary/aromatic N) is 1. The standard InChI is InChI=1S/C9H9F5N2O/c1-4-7(8(10)11)5(2-15)6(3-16-4)17-9(12,13)14/h3,8H,2,15H2,1H3. The van der Waals surface area contributed by atoms with Crippen molar-refractivity contribution in [2.75, 3.05) is 0 Å². The first kappa shape index (κ1) is 13.6. The highest BCUT2D eigenvalue weighted by molar-refractivity contribution is 5.41. The first-order valence-corrected chi connectivity index (χ1v) is 4.48. The molecule has 0 atom stereocenters. The fourth-order valence-corrected chi connectivity index (χ4v) is 1.37. The summed E-state index contributed by atoms with van der Waals surface area (Å²) in [5, 5.41) is 0. The van der Waals surface area contributed by atoms with Gasteiger partial charge in [-0.2, -0.15) is 0 Å². The highest BCUT2D eigenvalue weighted by atomic mass is 19.4. The molecule has 1 heterocycles. The van der Waals surface area contributed by atoms with Gasteiger partial charge in [-0.15, -0.1) is 13.2 Å². The lowest BCUT2D eigenvalue weighted by molar-refractivity contribution is -0.275. The number of hydrogen-bond donors (Lipinski definition) is 1. The van der Waals surface area contributed by atoms with Crippen molar-refractivity contribution in [2.24, 2.45) is 5.73 Å². The largest absolute Gasteiger partial charge is 0.573 e. The molecule has 0 saturated carbocycles. The van der Waals surface area contributed by atoms with Crippen molar-refractivity contribution in [3.63, 3.8) is 0 Å². The molecule has 0 saturated heterocycles. The molecule has 0 aromatic carbocycles. The van der Waals surface area contributed by atoms with Gasteiger partial charge in [-0.1, -0.05) is 0 Å². The van der Waals surface area contributed by atoms with Crippen LogP contribution in [0, 0.1) is 6.92 Å². The number of nitrogens with two attached hydrogens (primary N) is 1. The SMILES string of the molecule is Cc1ncc(OC(F)(F)F)c(CN)c1C(F)F. The third-order valence-electron chi connectivity index (χ3n) is 2.04. The van der Waals surface area contributed by atoms with Crippen molar-refractivity contribution in [1.82, 2.24) is 4.98 Å². The molecule has 0 fully saturated rings. The predicted molar refractivity (Wildman–Crippen MR) is 48.5 cm³/mol. The zero-order valence-corrected chi connectivity index (χ0v) is 8.68. The molecule has 1 aromatic rings. The molecule has 17 heavy (non-hydrogen) atoms. The molecule has 3 nitrogen and oxygen atoms in total. The minimum Gasteiger partial charge on any atom is -0.404 e. The summed E-state index contributed by atoms with van der Waals surface area (Å²) in [6.07, 6.45) is -7.20. The van der Waals surface area contributed by atoms with E-state index in [0.29, 0.717) is 0 Å². The normalized spacial score (nSPS) is 12.0. The van der Waals surface area contributed by atoms with Crippen molar-refractivity contribution in [3.05, 3.63) is 23.0 Å². The average molecular weight is 256 g/mol. The number of halogens is 5. The maximum absolute atomic E-state index is 12.7. The first-order chi connectivity index (χ1) is 7.76. The molecule has 0 amide bonds. The molecule has 0 aliphatic carbocycles. The summed E-state index contributed by atoms with van der Waals surface area (Å²) in [5.74, 6) is -0.791. The van der Waals surface area contributed by atoms with Gasteiger partial charge >= 0.3 is 6.36 Å². The maximum atomic E-state index is 12.7. The second-order valence-corrected chi connectivity index (χ2v) is 3.15. The predicted octanol–water partition coefficient (Wildman–Crippen LogP) is 2.68. The first-order valence-electron chi connectivity index (χ1n) is 4.48. The lowest BCUT2D eigenvalue weighted by Gasteiger charge is -2.16. The third-order valence-corrected chi connectivity index (χ3v) is 2.04. The Bertz CT molecular complexity index is 405. The summed E-state index contributed by atoms with van der Waals surface area (Å²) >= 11 is 0. The highest BCUT2D eigenvalue weighted by Gasteiger charge is 2.33. The van der Waals surface area contributed by atoms with Crippen LogP contribution in [-0.4, -0.2) is 11.3 Å². The van der Waals surface area contributed by atoms with Gasteiger partial charge in [-0.25, -0.2) is 8.78 Å². The molecule has 0 aliphatic rings. The third kappa shape index (κ3) is 3.26. The van der Waals surface area contributed by atoms with Crippen LogP contribution >= 0.6 is 0 Å². The van der Waals surface area contributed by atoms with Gasteiger partial charge in [0.2, 0.25) is 0 Å². The van der Waals surface area contributed by atoms with E-state index in [4.69, 9.17) is 5.73 Å². The summed E-state index contributed by atoms with van der Waals surface area (Å²) in [4.78, 5) is 3.43. The molecule has 8 heteroatoms. The van der Waals surface area contributed by atoms with Gasteiger partial charge in [0, 0.05) is 23.4 Å². The minimum atomic E-state index is -4.97. The zero-order chi connectivity index (χ0) is 13.2. The Morgan fingerprint density at radius 2 is 2.00 bits per heavy atom. The van der Waals surface area contributed by atoms with E-state index in [-0.39, 0.29) is 11.3 Å². The Morgan fingerprint density at radius 3 is 2.41 bits per heavy atom. The molecule has 1 aromatic heterocycles. The molecule has 1 rings (SSSR count). The topological polar surface area (TPSA) is 48.1 Å². The fourth-order valence-electron chi connectivity index (χ4n) is 1.37. The van der Waals surface area contributed by atoms with Crippen LogP contribution in [0.1, 0.15) is 23.2 Å². The maximum Gasteiger partial charge on any atom is 0.573 e. The number of ether oxygens (including phenoxy) is 1. The van der Waals surface area contributed by atoms with E-state index in [0.717, 1.165) is 6.20 Å². The average Bonchev–Trinajstić information content (AvgIpc) is 2.17. The number of pyridine rings is 1. The Balaban J connectivity index is 3.28. The second kappa shape index (κ2) is 4.82. The summed E-state index contributed by atoms with van der Waals surface area (Å²) in [5.41, 5.74) is 4.09. The number of aromatic nitrogens is 1. The Kier molecular flexibility index (Phi) is 3.87. The summed E-state index contributed by atoms with van der Waals surface area (Å²) < 4.78 is 64.9. The van der Waals surface area contributed by atoms with Crippen LogP contribution in [0.5, 0.6) is 5.75 Å². The smallest absolute Gasteiger partial charge is 0.404 e. The second-order valence-electron chi connectivity index (χ2n) is 3.15.